The van der Waals surface area contributed by atoms with Crippen LogP contribution in [0.3, 0.4) is 0 Å². The summed E-state index contributed by atoms with van der Waals surface area (Å²) < 4.78 is 99.0. The second kappa shape index (κ2) is 46.3. The highest BCUT2D eigenvalue weighted by Crippen LogP contribution is 2.47. The van der Waals surface area contributed by atoms with Crippen molar-refractivity contribution in [3.05, 3.63) is 305 Å². The number of aliphatic hydroxyl groups is 2. The average Bonchev–Trinajstić information content (AvgIpc) is 1.58. The number of nitrogens with one attached hydrogen (secondary N) is 4. The summed E-state index contributed by atoms with van der Waals surface area (Å²) in [6.45, 7) is 25.5. The molecule has 0 saturated carbocycles. The Morgan fingerprint density at radius 1 is 0.447 bits per heavy atom. The molecule has 6 heterocycles. The number of carbonyl (C=O) groups is 1. The summed E-state index contributed by atoms with van der Waals surface area (Å²) in [7, 11) is -11.5. The molecule has 2 atom stereocenters. The summed E-state index contributed by atoms with van der Waals surface area (Å²) in [5, 5.41) is 39.4. The Kier molecular flexibility index (Phi) is 33.7. The summed E-state index contributed by atoms with van der Waals surface area (Å²) >= 11 is 16.2. The van der Waals surface area contributed by atoms with Crippen LogP contribution in [0.5, 0.6) is 11.5 Å². The number of aromatic carboxylic acids is 1. The highest BCUT2D eigenvalue weighted by molar-refractivity contribution is 7.99. The van der Waals surface area contributed by atoms with Gasteiger partial charge in [-0.2, -0.15) is 0 Å². The number of carboxylic acid groups (broad SMARTS) is 1. The van der Waals surface area contributed by atoms with Gasteiger partial charge in [0.05, 0.1) is 49.5 Å². The smallest absolute Gasteiger partial charge is 0.338 e. The van der Waals surface area contributed by atoms with E-state index in [2.05, 4.69) is 121 Å². The first-order valence-corrected chi connectivity index (χ1v) is 56.0. The van der Waals surface area contributed by atoms with Crippen molar-refractivity contribution >= 4 is 128 Å². The van der Waals surface area contributed by atoms with Crippen LogP contribution in [-0.4, -0.2) is 199 Å². The van der Waals surface area contributed by atoms with Gasteiger partial charge in [0.2, 0.25) is 0 Å². The molecule has 11 aromatic carbocycles. The van der Waals surface area contributed by atoms with Crippen LogP contribution in [0.4, 0.5) is 45.5 Å². The topological polar surface area (TPSA) is 267 Å². The van der Waals surface area contributed by atoms with Gasteiger partial charge in [-0.3, -0.25) is 9.44 Å². The lowest BCUT2D eigenvalue weighted by Crippen LogP contribution is -2.46. The van der Waals surface area contributed by atoms with Gasteiger partial charge in [0, 0.05) is 222 Å². The molecule has 0 spiro atoms. The fourth-order valence-electron chi connectivity index (χ4n) is 19.5. The molecule has 740 valence electrons. The number of thioether (sulfide) groups is 2. The highest BCUT2D eigenvalue weighted by atomic mass is 35.5. The van der Waals surface area contributed by atoms with E-state index in [1.54, 1.807) is 42.1 Å². The minimum absolute atomic E-state index is 0.00777. The van der Waals surface area contributed by atoms with Crippen molar-refractivity contribution in [3.8, 4) is 56.3 Å². The molecule has 13 aromatic rings. The number of piperidine rings is 2. The second-order valence-corrected chi connectivity index (χ2v) is 45.5. The van der Waals surface area contributed by atoms with E-state index in [4.69, 9.17) is 27.9 Å². The third kappa shape index (κ3) is 25.6. The SMILES string of the molecule is CCn1c(C)c(S(C)(=O)=O)c(-c2cccc(N3CCN(c4ccc(NS(=O)(=O)c5ccc(N[C@H](CCN6CCC(O)CC6)CSc6ccccc6)c(C)c5)cc4)CC3)c2)c1-c1ccc(Cl)cc1.Cc1cc(S(=O)(=O)Nc2ccc(N3CCN(c4cccc(-c5c(C(=O)O)c(C)n(C(C)C)c5-c5ccc(Cl)cc5)c4)CC3)cc2Oc2ccccc2)ccc1N[C@H](CCN1CCC(O)CC1)CSc1ccccc1. The maximum atomic E-state index is 14.3. The van der Waals surface area contributed by atoms with Gasteiger partial charge in [-0.25, -0.2) is 30.0 Å². The highest BCUT2D eigenvalue weighted by Gasteiger charge is 2.34. The number of sulfonamides is 2. The average molecular weight is 2040 g/mol. The zero-order valence-corrected chi connectivity index (χ0v) is 86.6. The van der Waals surface area contributed by atoms with Crippen molar-refractivity contribution in [2.24, 2.45) is 0 Å². The number of hydrogen-bond donors (Lipinski definition) is 7. The number of aryl methyl sites for hydroxylation is 2. The first kappa shape index (κ1) is 103. The molecule has 0 unspecified atom stereocenters. The molecule has 7 N–H and O–H groups in total. The maximum absolute atomic E-state index is 14.3. The maximum Gasteiger partial charge on any atom is 0.338 e. The minimum atomic E-state index is -4.05. The molecule has 0 radical (unpaired) electrons. The number of hydrogen-bond acceptors (Lipinski definition) is 20. The molecule has 4 fully saturated rings. The van der Waals surface area contributed by atoms with Gasteiger partial charge in [-0.05, 0) is 278 Å². The number of piperazine rings is 2. The summed E-state index contributed by atoms with van der Waals surface area (Å²) in [5.74, 6) is 1.67. The Morgan fingerprint density at radius 3 is 1.30 bits per heavy atom. The lowest BCUT2D eigenvalue weighted by molar-refractivity contribution is 0.0696. The predicted octanol–water partition coefficient (Wildman–Crippen LogP) is 22.8. The number of para-hydroxylation sites is 1. The van der Waals surface area contributed by atoms with Crippen molar-refractivity contribution in [2.45, 2.75) is 148 Å². The Balaban J connectivity index is 0.000000204. The van der Waals surface area contributed by atoms with Crippen LogP contribution in [0.1, 0.15) is 98.2 Å². The number of anilines is 8. The van der Waals surface area contributed by atoms with Gasteiger partial charge in [-0.15, -0.1) is 23.5 Å². The van der Waals surface area contributed by atoms with Crippen molar-refractivity contribution in [1.29, 1.82) is 0 Å². The third-order valence-electron chi connectivity index (χ3n) is 27.0. The van der Waals surface area contributed by atoms with E-state index in [0.717, 1.165) is 194 Å². The minimum Gasteiger partial charge on any atom is -0.478 e. The van der Waals surface area contributed by atoms with Crippen LogP contribution in [0, 0.1) is 27.7 Å². The Labute approximate surface area is 849 Å². The number of sulfone groups is 1. The quantitative estimate of drug-likeness (QED) is 0.0180. The number of likely N-dealkylation sites (tertiary alicyclic amines) is 2. The molecule has 0 aliphatic carbocycles. The van der Waals surface area contributed by atoms with Gasteiger partial charge >= 0.3 is 5.97 Å². The summed E-state index contributed by atoms with van der Waals surface area (Å²) in [6, 6.07) is 85.4. The molecule has 2 aromatic heterocycles. The van der Waals surface area contributed by atoms with Crippen molar-refractivity contribution in [3.63, 3.8) is 0 Å². The fourth-order valence-corrected chi connectivity index (χ4v) is 25.3. The predicted molar refractivity (Wildman–Crippen MR) is 580 cm³/mol. The Hall–Kier alpha value is -11.4. The van der Waals surface area contributed by atoms with E-state index >= 15 is 0 Å². The van der Waals surface area contributed by atoms with Crippen LogP contribution >= 0.6 is 46.7 Å². The number of carboxylic acids is 1. The molecule has 0 amide bonds. The van der Waals surface area contributed by atoms with Crippen molar-refractivity contribution in [2.75, 3.05) is 149 Å². The summed E-state index contributed by atoms with van der Waals surface area (Å²) in [4.78, 5) is 30.1. The standard InChI is InChI=1S/C59H65ClN6O6S2.C52H61ClN6O5S3/c1-40(2)66-42(4)56(59(68)69)57(58(66)43-18-20-45(60)21-19-43)44-12-11-13-47(37-44)64-32-34-65(35-33-64)48-22-24-54(55(38-48)72-50-14-7-5-8-15-50)62-74(70,71)52-23-25-53(41(3)36-52)61-46(39-73-51-16-9-6-10-17-51)26-29-63-30-27-49(67)28-31-63;1-5-59-38(3)52(66(4,61)62)50(51(59)39-14-16-41(53)17-15-39)40-10-9-11-45(35-40)58-32-30-57(31-33-58)44-20-18-42(19-21-44)55-67(63,64)48-22-23-49(37(2)34-48)54-43(36-65-47-12-7-6-8-13-47)24-27-56-28-25-46(60)26-29-56/h5-25,36-38,40,46,49,61-62,67H,26-35,39H2,1-4H3,(H,68,69);6-23,34-35,43,46,54-55,60H,5,24-33,36H2,1-4H3/t46-;43-/m11/s1. The van der Waals surface area contributed by atoms with E-state index in [1.165, 1.54) is 16.0 Å². The molecular weight excluding hydrogens is 1910 g/mol. The first-order valence-electron chi connectivity index (χ1n) is 48.4. The van der Waals surface area contributed by atoms with Gasteiger partial charge < -0.3 is 69.2 Å². The Morgan fingerprint density at radius 2 is 0.865 bits per heavy atom. The van der Waals surface area contributed by atoms with Crippen LogP contribution in [-0.2, 0) is 36.4 Å². The van der Waals surface area contributed by atoms with Crippen LogP contribution in [0.25, 0.3) is 44.8 Å². The van der Waals surface area contributed by atoms with Gasteiger partial charge in [-0.1, -0.05) is 126 Å². The van der Waals surface area contributed by atoms with Crippen LogP contribution < -0.4 is 44.4 Å². The van der Waals surface area contributed by atoms with E-state index in [-0.39, 0.29) is 45.7 Å². The number of benzene rings is 11. The number of rotatable bonds is 36. The number of aliphatic hydroxyl groups excluding tert-OH is 2. The monoisotopic (exact) mass is 2030 g/mol. The van der Waals surface area contributed by atoms with E-state index in [9.17, 15) is 45.4 Å². The third-order valence-corrected chi connectivity index (χ3v) is 33.8. The molecule has 4 aliphatic rings. The lowest BCUT2D eigenvalue weighted by Gasteiger charge is -2.37. The van der Waals surface area contributed by atoms with Gasteiger partial charge in [0.25, 0.3) is 20.0 Å². The molecular formula is C111H126Cl2N12O11S5. The molecule has 4 saturated heterocycles. The zero-order valence-electron chi connectivity index (χ0n) is 81.0. The normalized spacial score (nSPS) is 15.4. The zero-order chi connectivity index (χ0) is 99.2. The van der Waals surface area contributed by atoms with Crippen LogP contribution in [0.15, 0.2) is 291 Å². The van der Waals surface area contributed by atoms with Crippen LogP contribution in [0.2, 0.25) is 10.0 Å². The van der Waals surface area contributed by atoms with Crippen molar-refractivity contribution < 1.29 is 50.1 Å². The molecule has 23 nitrogen and oxygen atoms in total. The molecule has 0 bridgehead atoms. The molecule has 141 heavy (non-hydrogen) atoms. The van der Waals surface area contributed by atoms with Gasteiger partial charge in [0.15, 0.2) is 15.6 Å². The summed E-state index contributed by atoms with van der Waals surface area (Å²) in [5.41, 5.74) is 16.4. The second-order valence-electron chi connectivity index (χ2n) is 37.1. The molecule has 30 heteroatoms. The largest absolute Gasteiger partial charge is 0.478 e. The molecule has 4 aliphatic heterocycles. The van der Waals surface area contributed by atoms with Gasteiger partial charge in [0.1, 0.15) is 5.75 Å². The fraction of sp³-hybridized carbons (Fsp3) is 0.324. The number of nitrogens with zero attached hydrogens (tertiary/aromatic N) is 8. The van der Waals surface area contributed by atoms with Crippen molar-refractivity contribution in [1.82, 2.24) is 18.9 Å². The lowest BCUT2D eigenvalue weighted by atomic mass is 9.96. The number of ether oxygens (including phenoxy) is 1. The Bertz CT molecular complexity index is 6840. The van der Waals surface area contributed by atoms with E-state index < -0.39 is 35.9 Å². The number of aromatic nitrogens is 2. The van der Waals surface area contributed by atoms with E-state index in [1.807, 2.05) is 234 Å². The van der Waals surface area contributed by atoms with E-state index in [0.29, 0.717) is 93.1 Å². The first-order chi connectivity index (χ1) is 67.9. The molecule has 17 rings (SSSR count). The summed E-state index contributed by atoms with van der Waals surface area (Å²) in [6.07, 6.45) is 5.89. The number of halogens is 2.